The van der Waals surface area contributed by atoms with Crippen molar-refractivity contribution < 1.29 is 9.59 Å². The molecule has 1 aliphatic rings. The van der Waals surface area contributed by atoms with E-state index in [0.717, 1.165) is 29.1 Å². The Bertz CT molecular complexity index is 1180. The topological polar surface area (TPSA) is 75.5 Å². The van der Waals surface area contributed by atoms with Gasteiger partial charge in [-0.05, 0) is 43.2 Å². The Morgan fingerprint density at radius 2 is 1.86 bits per heavy atom. The van der Waals surface area contributed by atoms with Gasteiger partial charge < -0.3 is 10.6 Å². The number of anilines is 2. The molecule has 144 valence electrons. The number of nitrogens with zero attached hydrogens (tertiary/aromatic N) is 2. The number of fused-ring (bicyclic) bond motifs is 1. The van der Waals surface area contributed by atoms with Gasteiger partial charge in [0, 0.05) is 46.2 Å². The summed E-state index contributed by atoms with van der Waals surface area (Å²) in [7, 11) is 0. The van der Waals surface area contributed by atoms with Gasteiger partial charge in [0.1, 0.15) is 0 Å². The molecule has 0 unspecified atom stereocenters. The summed E-state index contributed by atoms with van der Waals surface area (Å²) in [4.78, 5) is 30.1. The van der Waals surface area contributed by atoms with Crippen LogP contribution in [-0.2, 0) is 4.79 Å². The van der Waals surface area contributed by atoms with E-state index >= 15 is 0 Å². The van der Waals surface area contributed by atoms with Crippen molar-refractivity contribution in [1.82, 2.24) is 9.38 Å². The number of carbonyl (C=O) groups excluding carboxylic acids is 2. The predicted octanol–water partition coefficient (Wildman–Crippen LogP) is 4.66. The predicted molar refractivity (Wildman–Crippen MR) is 114 cm³/mol. The van der Waals surface area contributed by atoms with Gasteiger partial charge in [0.15, 0.2) is 4.96 Å². The van der Waals surface area contributed by atoms with Crippen molar-refractivity contribution in [2.45, 2.75) is 12.8 Å². The molecule has 0 atom stereocenters. The zero-order chi connectivity index (χ0) is 19.8. The lowest BCUT2D eigenvalue weighted by molar-refractivity contribution is -0.117. The Balaban J connectivity index is 1.28. The zero-order valence-corrected chi connectivity index (χ0v) is 16.3. The van der Waals surface area contributed by atoms with E-state index in [1.54, 1.807) is 35.6 Å². The summed E-state index contributed by atoms with van der Waals surface area (Å²) in [6.07, 6.45) is 5.85. The van der Waals surface area contributed by atoms with Crippen molar-refractivity contribution in [2.75, 3.05) is 10.6 Å². The smallest absolute Gasteiger partial charge is 0.255 e. The fourth-order valence-corrected chi connectivity index (χ4v) is 3.82. The quantitative estimate of drug-likeness (QED) is 0.510. The average Bonchev–Trinajstić information content (AvgIpc) is 3.37. The van der Waals surface area contributed by atoms with Crippen LogP contribution in [0.3, 0.4) is 0 Å². The molecule has 5 rings (SSSR count). The lowest BCUT2D eigenvalue weighted by Crippen LogP contribution is -2.15. The normalized spacial score (nSPS) is 13.4. The molecule has 2 aromatic heterocycles. The number of amides is 2. The van der Waals surface area contributed by atoms with Gasteiger partial charge in [-0.1, -0.05) is 18.2 Å². The lowest BCUT2D eigenvalue weighted by Gasteiger charge is -2.08. The number of aromatic nitrogens is 2. The number of carbonyl (C=O) groups is 2. The van der Waals surface area contributed by atoms with Crippen molar-refractivity contribution in [3.63, 3.8) is 0 Å². The van der Waals surface area contributed by atoms with E-state index in [4.69, 9.17) is 0 Å². The average molecular weight is 402 g/mol. The van der Waals surface area contributed by atoms with Crippen LogP contribution in [-0.4, -0.2) is 21.2 Å². The van der Waals surface area contributed by atoms with E-state index in [1.165, 1.54) is 0 Å². The largest absolute Gasteiger partial charge is 0.326 e. The highest BCUT2D eigenvalue weighted by Gasteiger charge is 2.29. The van der Waals surface area contributed by atoms with Crippen molar-refractivity contribution in [3.05, 3.63) is 71.9 Å². The molecule has 1 saturated carbocycles. The van der Waals surface area contributed by atoms with Crippen LogP contribution in [0.5, 0.6) is 0 Å². The summed E-state index contributed by atoms with van der Waals surface area (Å²) < 4.78 is 1.99. The molecule has 0 bridgehead atoms. The van der Waals surface area contributed by atoms with Crippen LogP contribution in [0, 0.1) is 5.92 Å². The molecule has 0 spiro atoms. The summed E-state index contributed by atoms with van der Waals surface area (Å²) >= 11 is 1.59. The van der Waals surface area contributed by atoms with Crippen molar-refractivity contribution >= 4 is 39.5 Å². The molecule has 2 N–H and O–H groups in total. The molecule has 1 aliphatic carbocycles. The number of nitrogens with one attached hydrogen (secondary N) is 2. The number of thiazole rings is 1. The Labute approximate surface area is 171 Å². The van der Waals surface area contributed by atoms with Gasteiger partial charge in [0.2, 0.25) is 5.91 Å². The molecule has 1 fully saturated rings. The Hall–Kier alpha value is -3.45. The monoisotopic (exact) mass is 402 g/mol. The molecular weight excluding hydrogens is 384 g/mol. The summed E-state index contributed by atoms with van der Waals surface area (Å²) in [5.74, 6) is -0.0721. The first-order valence-corrected chi connectivity index (χ1v) is 10.3. The molecule has 2 amide bonds. The minimum atomic E-state index is -0.220. The zero-order valence-electron chi connectivity index (χ0n) is 15.5. The first-order chi connectivity index (χ1) is 14.2. The fraction of sp³-hybridized carbons (Fsp3) is 0.136. The van der Waals surface area contributed by atoms with Gasteiger partial charge >= 0.3 is 0 Å². The maximum Gasteiger partial charge on any atom is 0.255 e. The van der Waals surface area contributed by atoms with Crippen LogP contribution in [0.2, 0.25) is 0 Å². The maximum absolute atomic E-state index is 12.6. The molecule has 6 nitrogen and oxygen atoms in total. The summed E-state index contributed by atoms with van der Waals surface area (Å²) in [5.41, 5.74) is 3.73. The summed E-state index contributed by atoms with van der Waals surface area (Å²) in [5, 5.41) is 7.77. The highest BCUT2D eigenvalue weighted by molar-refractivity contribution is 7.15. The molecule has 0 saturated heterocycles. The van der Waals surface area contributed by atoms with Crippen LogP contribution >= 0.6 is 11.3 Å². The molecule has 7 heteroatoms. The SMILES string of the molecule is O=C(Nc1ccc(-c2cn3ccsc3n2)cc1)c1cccc(NC(=O)C2CC2)c1. The Morgan fingerprint density at radius 3 is 2.62 bits per heavy atom. The van der Waals surface area contributed by atoms with Crippen molar-refractivity contribution in [1.29, 1.82) is 0 Å². The molecule has 0 aliphatic heterocycles. The van der Waals surface area contributed by atoms with Gasteiger partial charge in [-0.25, -0.2) is 4.98 Å². The molecule has 0 radical (unpaired) electrons. The molecule has 29 heavy (non-hydrogen) atoms. The fourth-order valence-electron chi connectivity index (χ4n) is 3.12. The second-order valence-corrected chi connectivity index (χ2v) is 7.97. The highest BCUT2D eigenvalue weighted by Crippen LogP contribution is 2.30. The minimum absolute atomic E-state index is 0.0253. The third-order valence-corrected chi connectivity index (χ3v) is 5.64. The second-order valence-electron chi connectivity index (χ2n) is 7.09. The van der Waals surface area contributed by atoms with Crippen LogP contribution in [0.15, 0.2) is 66.3 Å². The highest BCUT2D eigenvalue weighted by atomic mass is 32.1. The molecular formula is C22H18N4O2S. The van der Waals surface area contributed by atoms with Gasteiger partial charge in [-0.15, -0.1) is 11.3 Å². The van der Waals surface area contributed by atoms with E-state index in [9.17, 15) is 9.59 Å². The molecule has 2 heterocycles. The number of hydrogen-bond acceptors (Lipinski definition) is 4. The van der Waals surface area contributed by atoms with E-state index < -0.39 is 0 Å². The van der Waals surface area contributed by atoms with Crippen LogP contribution in [0.4, 0.5) is 11.4 Å². The van der Waals surface area contributed by atoms with Crippen molar-refractivity contribution in [3.8, 4) is 11.3 Å². The van der Waals surface area contributed by atoms with Crippen LogP contribution in [0.1, 0.15) is 23.2 Å². The van der Waals surface area contributed by atoms with E-state index in [0.29, 0.717) is 16.9 Å². The van der Waals surface area contributed by atoms with E-state index in [-0.39, 0.29) is 17.7 Å². The van der Waals surface area contributed by atoms with Crippen LogP contribution in [0.25, 0.3) is 16.2 Å². The van der Waals surface area contributed by atoms with Gasteiger partial charge in [0.05, 0.1) is 5.69 Å². The Kier molecular flexibility index (Phi) is 4.37. The lowest BCUT2D eigenvalue weighted by atomic mass is 10.1. The van der Waals surface area contributed by atoms with Gasteiger partial charge in [0.25, 0.3) is 5.91 Å². The third-order valence-electron chi connectivity index (χ3n) is 4.87. The number of benzene rings is 2. The number of hydrogen-bond donors (Lipinski definition) is 2. The Morgan fingerprint density at radius 1 is 1.03 bits per heavy atom. The van der Waals surface area contributed by atoms with Gasteiger partial charge in [-0.3, -0.25) is 14.0 Å². The van der Waals surface area contributed by atoms with Crippen molar-refractivity contribution in [2.24, 2.45) is 5.92 Å². The standard InChI is InChI=1S/C22H18N4O2S/c27-20(15-4-5-15)24-18-3-1-2-16(12-18)21(28)23-17-8-6-14(7-9-17)19-13-26-10-11-29-22(26)25-19/h1-3,6-13,15H,4-5H2,(H,23,28)(H,24,27). The maximum atomic E-state index is 12.6. The summed E-state index contributed by atoms with van der Waals surface area (Å²) in [6.45, 7) is 0. The number of imidazole rings is 1. The summed E-state index contributed by atoms with van der Waals surface area (Å²) in [6, 6.07) is 14.6. The minimum Gasteiger partial charge on any atom is -0.326 e. The second kappa shape index (κ2) is 7.18. The van der Waals surface area contributed by atoms with Gasteiger partial charge in [-0.2, -0.15) is 0 Å². The number of rotatable bonds is 5. The first kappa shape index (κ1) is 17.6. The van der Waals surface area contributed by atoms with Crippen LogP contribution < -0.4 is 10.6 Å². The first-order valence-electron chi connectivity index (χ1n) is 9.41. The van der Waals surface area contributed by atoms with E-state index in [2.05, 4.69) is 15.6 Å². The third kappa shape index (κ3) is 3.77. The molecule has 4 aromatic rings. The molecule has 2 aromatic carbocycles. The van der Waals surface area contributed by atoms with E-state index in [1.807, 2.05) is 46.4 Å².